The Morgan fingerprint density at radius 1 is 1.13 bits per heavy atom. The van der Waals surface area contributed by atoms with Gasteiger partial charge in [-0.3, -0.25) is 10.2 Å². The molecule has 0 bridgehead atoms. The second-order valence-corrected chi connectivity index (χ2v) is 9.81. The van der Waals surface area contributed by atoms with Gasteiger partial charge in [0.15, 0.2) is 9.84 Å². The number of rotatable bonds is 4. The van der Waals surface area contributed by atoms with Crippen LogP contribution in [0.3, 0.4) is 0 Å². The van der Waals surface area contributed by atoms with E-state index in [1.54, 1.807) is 0 Å². The molecule has 2 aromatic carbocycles. The van der Waals surface area contributed by atoms with Crippen LogP contribution < -0.4 is 11.0 Å². The number of aromatic nitrogens is 2. The van der Waals surface area contributed by atoms with E-state index in [-0.39, 0.29) is 31.5 Å². The number of fused-ring (bicyclic) bond motifs is 1. The summed E-state index contributed by atoms with van der Waals surface area (Å²) in [7, 11) is -3.65. The average Bonchev–Trinajstić information content (AvgIpc) is 3.49. The van der Waals surface area contributed by atoms with Crippen LogP contribution in [0.4, 0.5) is 18.9 Å². The van der Waals surface area contributed by atoms with Crippen molar-refractivity contribution in [2.45, 2.75) is 29.2 Å². The van der Waals surface area contributed by atoms with Crippen molar-refractivity contribution in [1.29, 1.82) is 0 Å². The summed E-state index contributed by atoms with van der Waals surface area (Å²) in [5.74, 6) is 0. The first-order chi connectivity index (χ1) is 14.0. The number of hydrogen-bond donors (Lipinski definition) is 1. The number of anilines is 1. The van der Waals surface area contributed by atoms with Crippen LogP contribution in [0, 0.1) is 0 Å². The van der Waals surface area contributed by atoms with Gasteiger partial charge in [-0.05, 0) is 43.2 Å². The molecular weight excluding hydrogens is 466 g/mol. The highest BCUT2D eigenvalue weighted by Gasteiger charge is 2.38. The van der Waals surface area contributed by atoms with Crippen LogP contribution in [-0.2, 0) is 16.0 Å². The summed E-state index contributed by atoms with van der Waals surface area (Å²) in [6.07, 6.45) is -2.64. The van der Waals surface area contributed by atoms with E-state index >= 15 is 0 Å². The van der Waals surface area contributed by atoms with Crippen LogP contribution in [0.1, 0.15) is 18.4 Å². The summed E-state index contributed by atoms with van der Waals surface area (Å²) < 4.78 is 65.5. The lowest BCUT2D eigenvalue weighted by atomic mass is 10.1. The summed E-state index contributed by atoms with van der Waals surface area (Å²) in [5, 5.41) is -1.02. The van der Waals surface area contributed by atoms with Gasteiger partial charge in [-0.1, -0.05) is 23.2 Å². The first kappa shape index (κ1) is 21.0. The van der Waals surface area contributed by atoms with E-state index in [1.807, 2.05) is 0 Å². The average molecular weight is 478 g/mol. The Hall–Kier alpha value is -2.30. The third-order valence-corrected chi connectivity index (χ3v) is 7.44. The largest absolute Gasteiger partial charge is 0.416 e. The van der Waals surface area contributed by atoms with E-state index < -0.39 is 32.4 Å². The maximum absolute atomic E-state index is 13.1. The Labute approximate surface area is 178 Å². The van der Waals surface area contributed by atoms with Gasteiger partial charge in [0.1, 0.15) is 6.33 Å². The SMILES string of the molecule is O=c1c2cc(C(F)(F)F)cc(Cl)c2ncn1Nc1cc(Cl)ccc1S(=O)(=O)C1CC1. The molecule has 1 aliphatic carbocycles. The van der Waals surface area contributed by atoms with Crippen LogP contribution in [0.15, 0.2) is 46.3 Å². The van der Waals surface area contributed by atoms with E-state index in [4.69, 9.17) is 23.2 Å². The molecule has 0 atom stereocenters. The van der Waals surface area contributed by atoms with Crippen LogP contribution >= 0.6 is 23.2 Å². The van der Waals surface area contributed by atoms with Gasteiger partial charge in [0.2, 0.25) is 0 Å². The summed E-state index contributed by atoms with van der Waals surface area (Å²) in [6, 6.07) is 5.36. The number of nitrogens with one attached hydrogen (secondary N) is 1. The minimum absolute atomic E-state index is 0.00993. The minimum Gasteiger partial charge on any atom is -0.289 e. The fourth-order valence-corrected chi connectivity index (χ4v) is 5.18. The van der Waals surface area contributed by atoms with Gasteiger partial charge in [0.05, 0.1) is 37.3 Å². The molecular formula is C18H12Cl2F3N3O3S. The van der Waals surface area contributed by atoms with Crippen molar-refractivity contribution in [3.63, 3.8) is 0 Å². The molecule has 12 heteroatoms. The third-order valence-electron chi connectivity index (χ3n) is 4.59. The maximum atomic E-state index is 13.1. The van der Waals surface area contributed by atoms with Gasteiger partial charge in [0, 0.05) is 5.02 Å². The van der Waals surface area contributed by atoms with Crippen molar-refractivity contribution < 1.29 is 21.6 Å². The molecule has 158 valence electrons. The fourth-order valence-electron chi connectivity index (χ4n) is 2.96. The molecule has 0 aliphatic heterocycles. The van der Waals surface area contributed by atoms with Gasteiger partial charge in [-0.25, -0.2) is 18.1 Å². The number of hydrogen-bond acceptors (Lipinski definition) is 5. The smallest absolute Gasteiger partial charge is 0.289 e. The van der Waals surface area contributed by atoms with Gasteiger partial charge in [-0.15, -0.1) is 0 Å². The topological polar surface area (TPSA) is 81.1 Å². The van der Waals surface area contributed by atoms with Crippen molar-refractivity contribution in [2.75, 3.05) is 5.43 Å². The van der Waals surface area contributed by atoms with E-state index in [9.17, 15) is 26.4 Å². The summed E-state index contributed by atoms with van der Waals surface area (Å²) >= 11 is 11.8. The Morgan fingerprint density at radius 3 is 2.47 bits per heavy atom. The zero-order chi connectivity index (χ0) is 21.8. The van der Waals surface area contributed by atoms with Gasteiger partial charge in [-0.2, -0.15) is 13.2 Å². The van der Waals surface area contributed by atoms with Crippen molar-refractivity contribution in [2.24, 2.45) is 0 Å². The highest BCUT2D eigenvalue weighted by Crippen LogP contribution is 2.37. The molecule has 30 heavy (non-hydrogen) atoms. The van der Waals surface area contributed by atoms with Crippen molar-refractivity contribution in [3.05, 3.63) is 62.6 Å². The second kappa shape index (κ2) is 7.14. The van der Waals surface area contributed by atoms with E-state index in [0.29, 0.717) is 25.0 Å². The van der Waals surface area contributed by atoms with Crippen LogP contribution in [-0.4, -0.2) is 23.3 Å². The standard InChI is InChI=1S/C18H12Cl2F3N3O3S/c19-10-1-4-15(30(28,29)11-2-3-11)14(7-10)25-26-8-24-16-12(17(26)27)5-9(6-13(16)20)18(21,22)23/h1,4-8,11,25H,2-3H2. The predicted octanol–water partition coefficient (Wildman–Crippen LogP) is 4.53. The molecule has 3 aromatic rings. The van der Waals surface area contributed by atoms with Crippen molar-refractivity contribution in [3.8, 4) is 0 Å². The quantitative estimate of drug-likeness (QED) is 0.596. The number of benzene rings is 2. The Kier molecular flexibility index (Phi) is 4.99. The maximum Gasteiger partial charge on any atom is 0.416 e. The zero-order valence-electron chi connectivity index (χ0n) is 14.9. The summed E-state index contributed by atoms with van der Waals surface area (Å²) in [6.45, 7) is 0. The number of nitrogens with zero attached hydrogens (tertiary/aromatic N) is 2. The van der Waals surface area contributed by atoms with Gasteiger partial charge < -0.3 is 0 Å². The first-order valence-electron chi connectivity index (χ1n) is 8.57. The normalized spacial score (nSPS) is 14.8. The zero-order valence-corrected chi connectivity index (χ0v) is 17.2. The molecule has 0 saturated heterocycles. The van der Waals surface area contributed by atoms with E-state index in [0.717, 1.165) is 11.0 Å². The third kappa shape index (κ3) is 3.75. The first-order valence-corrected chi connectivity index (χ1v) is 10.9. The lowest BCUT2D eigenvalue weighted by Gasteiger charge is -2.15. The van der Waals surface area contributed by atoms with Gasteiger partial charge in [0.25, 0.3) is 5.56 Å². The molecule has 0 amide bonds. The van der Waals surface area contributed by atoms with E-state index in [1.165, 1.54) is 18.2 Å². The molecule has 6 nitrogen and oxygen atoms in total. The molecule has 0 radical (unpaired) electrons. The van der Waals surface area contributed by atoms with Crippen LogP contribution in [0.5, 0.6) is 0 Å². The Balaban J connectivity index is 1.85. The van der Waals surface area contributed by atoms with Crippen LogP contribution in [0.2, 0.25) is 10.0 Å². The summed E-state index contributed by atoms with van der Waals surface area (Å²) in [4.78, 5) is 16.7. The Bertz CT molecular complexity index is 1340. The highest BCUT2D eigenvalue weighted by atomic mass is 35.5. The molecule has 4 rings (SSSR count). The fraction of sp³-hybridized carbons (Fsp3) is 0.222. The van der Waals surface area contributed by atoms with Gasteiger partial charge >= 0.3 is 6.18 Å². The lowest BCUT2D eigenvalue weighted by molar-refractivity contribution is -0.137. The number of halogens is 5. The lowest BCUT2D eigenvalue weighted by Crippen LogP contribution is -2.28. The molecule has 1 saturated carbocycles. The number of alkyl halides is 3. The van der Waals surface area contributed by atoms with Crippen molar-refractivity contribution in [1.82, 2.24) is 9.66 Å². The summed E-state index contributed by atoms with van der Waals surface area (Å²) in [5.41, 5.74) is 0.510. The Morgan fingerprint density at radius 2 is 1.83 bits per heavy atom. The minimum atomic E-state index is -4.71. The molecule has 0 spiro atoms. The van der Waals surface area contributed by atoms with E-state index in [2.05, 4.69) is 10.4 Å². The highest BCUT2D eigenvalue weighted by molar-refractivity contribution is 7.92. The number of sulfone groups is 1. The molecule has 1 fully saturated rings. The van der Waals surface area contributed by atoms with Crippen LogP contribution in [0.25, 0.3) is 10.9 Å². The molecule has 0 unspecified atom stereocenters. The second-order valence-electron chi connectivity index (χ2n) is 6.77. The molecule has 1 N–H and O–H groups in total. The molecule has 1 aromatic heterocycles. The molecule has 1 aliphatic rings. The monoisotopic (exact) mass is 477 g/mol. The predicted molar refractivity (Wildman–Crippen MR) is 107 cm³/mol. The molecule has 1 heterocycles. The van der Waals surface area contributed by atoms with Crippen molar-refractivity contribution >= 4 is 49.6 Å².